The summed E-state index contributed by atoms with van der Waals surface area (Å²) >= 11 is 0. The van der Waals surface area contributed by atoms with E-state index < -0.39 is 17.8 Å². The van der Waals surface area contributed by atoms with Crippen molar-refractivity contribution >= 4 is 17.8 Å². The van der Waals surface area contributed by atoms with E-state index in [1.165, 1.54) is 0 Å². The minimum absolute atomic E-state index is 0.605. The second kappa shape index (κ2) is 8.43. The summed E-state index contributed by atoms with van der Waals surface area (Å²) in [5.74, 6) is 0. The molecule has 0 fully saturated rings. The molecule has 0 aromatic rings. The highest BCUT2D eigenvalue weighted by atomic mass is 28.4. The van der Waals surface area contributed by atoms with Gasteiger partial charge in [0.25, 0.3) is 0 Å². The number of hydrogen-bond donors (Lipinski definition) is 1. The lowest BCUT2D eigenvalue weighted by molar-refractivity contribution is 0.0724. The van der Waals surface area contributed by atoms with Crippen LogP contribution in [0.1, 0.15) is 20.8 Å². The van der Waals surface area contributed by atoms with Crippen molar-refractivity contribution in [3.05, 3.63) is 0 Å². The molecule has 0 aliphatic rings. The normalized spacial score (nSPS) is 14.2. The average molecular weight is 252 g/mol. The predicted molar refractivity (Wildman–Crippen MR) is 65.5 cm³/mol. The first-order valence-corrected chi connectivity index (χ1v) is 10.1. The maximum atomic E-state index is 9.41. The molecule has 6 heteroatoms. The molecular formula is C9H24O4Si2. The van der Waals surface area contributed by atoms with Crippen LogP contribution in [0.15, 0.2) is 0 Å². The fourth-order valence-corrected chi connectivity index (χ4v) is 6.47. The van der Waals surface area contributed by atoms with Crippen molar-refractivity contribution in [3.63, 3.8) is 0 Å². The van der Waals surface area contributed by atoms with Gasteiger partial charge in [-0.1, -0.05) is 0 Å². The molecule has 92 valence electrons. The predicted octanol–water partition coefficient (Wildman–Crippen LogP) is 1.38. The Bertz CT molecular complexity index is 138. The van der Waals surface area contributed by atoms with Crippen LogP contribution in [0.2, 0.25) is 18.6 Å². The molecule has 0 heterocycles. The van der Waals surface area contributed by atoms with Crippen molar-refractivity contribution in [3.8, 4) is 0 Å². The molecule has 0 rings (SSSR count). The van der Waals surface area contributed by atoms with Gasteiger partial charge in [-0.2, -0.15) is 0 Å². The first-order valence-electron chi connectivity index (χ1n) is 5.70. The molecule has 1 unspecified atom stereocenters. The van der Waals surface area contributed by atoms with Crippen molar-refractivity contribution in [1.82, 2.24) is 0 Å². The Labute approximate surface area is 95.6 Å². The maximum absolute atomic E-state index is 9.41. The van der Waals surface area contributed by atoms with Crippen LogP contribution < -0.4 is 0 Å². The van der Waals surface area contributed by atoms with E-state index in [0.717, 1.165) is 12.1 Å². The van der Waals surface area contributed by atoms with Gasteiger partial charge in [0, 0.05) is 25.9 Å². The van der Waals surface area contributed by atoms with E-state index in [1.807, 2.05) is 27.3 Å². The molecule has 0 saturated carbocycles. The Morgan fingerprint density at radius 1 is 1.00 bits per heavy atom. The highest BCUT2D eigenvalue weighted by molar-refractivity contribution is 6.63. The summed E-state index contributed by atoms with van der Waals surface area (Å²) in [6.45, 7) is 9.55. The molecule has 0 aliphatic heterocycles. The van der Waals surface area contributed by atoms with Crippen LogP contribution in [-0.2, 0) is 13.3 Å². The second-order valence-electron chi connectivity index (χ2n) is 3.37. The molecule has 1 atom stereocenters. The zero-order chi connectivity index (χ0) is 11.7. The summed E-state index contributed by atoms with van der Waals surface area (Å²) in [4.78, 5) is 9.41. The number of rotatable bonds is 9. The van der Waals surface area contributed by atoms with E-state index >= 15 is 0 Å². The molecule has 1 N–H and O–H groups in total. The van der Waals surface area contributed by atoms with Crippen molar-refractivity contribution in [2.75, 3.05) is 19.8 Å². The molecule has 0 aliphatic carbocycles. The van der Waals surface area contributed by atoms with Crippen LogP contribution >= 0.6 is 0 Å². The van der Waals surface area contributed by atoms with Crippen molar-refractivity contribution < 1.29 is 18.1 Å². The summed E-state index contributed by atoms with van der Waals surface area (Å²) in [6.07, 6.45) is 0. The Balaban J connectivity index is 4.31. The largest absolute Gasteiger partial charge is 0.500 e. The van der Waals surface area contributed by atoms with Gasteiger partial charge in [0.15, 0.2) is 9.04 Å². The Kier molecular flexibility index (Phi) is 8.58. The highest BCUT2D eigenvalue weighted by Gasteiger charge is 2.40. The minimum atomic E-state index is -2.48. The van der Waals surface area contributed by atoms with Gasteiger partial charge in [-0.15, -0.1) is 0 Å². The molecule has 15 heavy (non-hydrogen) atoms. The lowest BCUT2D eigenvalue weighted by atomic mass is 10.9. The Hall–Kier alpha value is 0.274. The van der Waals surface area contributed by atoms with Gasteiger partial charge in [-0.25, -0.2) is 0 Å². The van der Waals surface area contributed by atoms with E-state index in [2.05, 4.69) is 0 Å². The third-order valence-electron chi connectivity index (χ3n) is 1.96. The average Bonchev–Trinajstić information content (AvgIpc) is 2.16. The molecule has 4 nitrogen and oxygen atoms in total. The zero-order valence-corrected chi connectivity index (χ0v) is 12.4. The third kappa shape index (κ3) is 6.44. The van der Waals surface area contributed by atoms with E-state index in [4.69, 9.17) is 13.3 Å². The van der Waals surface area contributed by atoms with Crippen molar-refractivity contribution in [1.29, 1.82) is 0 Å². The first-order chi connectivity index (χ1) is 7.10. The van der Waals surface area contributed by atoms with E-state index in [-0.39, 0.29) is 0 Å². The summed E-state index contributed by atoms with van der Waals surface area (Å²) in [7, 11) is -4.03. The third-order valence-corrected chi connectivity index (χ3v) is 6.75. The van der Waals surface area contributed by atoms with Crippen molar-refractivity contribution in [2.24, 2.45) is 0 Å². The van der Waals surface area contributed by atoms with Crippen LogP contribution in [0.5, 0.6) is 0 Å². The second-order valence-corrected chi connectivity index (χ2v) is 8.38. The topological polar surface area (TPSA) is 47.9 Å². The molecule has 0 radical (unpaired) electrons. The Morgan fingerprint density at radius 3 is 1.67 bits per heavy atom. The number of hydrogen-bond acceptors (Lipinski definition) is 4. The van der Waals surface area contributed by atoms with Crippen LogP contribution in [0.25, 0.3) is 0 Å². The smallest absolute Gasteiger partial charge is 0.435 e. The van der Waals surface area contributed by atoms with Gasteiger partial charge in [-0.05, 0) is 33.4 Å². The van der Waals surface area contributed by atoms with Crippen molar-refractivity contribution in [2.45, 2.75) is 39.4 Å². The van der Waals surface area contributed by atoms with Crippen LogP contribution in [-0.4, -0.2) is 42.5 Å². The van der Waals surface area contributed by atoms with Gasteiger partial charge in [0.1, 0.15) is 0 Å². The lowest BCUT2D eigenvalue weighted by Crippen LogP contribution is -2.46. The molecule has 0 amide bonds. The molecule has 0 aromatic heterocycles. The molecule has 0 spiro atoms. The van der Waals surface area contributed by atoms with Gasteiger partial charge in [0.05, 0.1) is 0 Å². The monoisotopic (exact) mass is 252 g/mol. The fraction of sp³-hybridized carbons (Fsp3) is 1.00. The molecule has 0 aromatic carbocycles. The highest BCUT2D eigenvalue weighted by Crippen LogP contribution is 2.19. The molecule has 0 bridgehead atoms. The zero-order valence-electron chi connectivity index (χ0n) is 10.3. The van der Waals surface area contributed by atoms with Crippen LogP contribution in [0.4, 0.5) is 0 Å². The SMILES string of the molecule is CCO[Si](CC[SiH](C)O)(OCC)OCC. The lowest BCUT2D eigenvalue weighted by Gasteiger charge is -2.28. The van der Waals surface area contributed by atoms with E-state index in [1.54, 1.807) is 0 Å². The fourth-order valence-electron chi connectivity index (χ4n) is 1.39. The summed E-state index contributed by atoms with van der Waals surface area (Å²) in [5.41, 5.74) is 0. The summed E-state index contributed by atoms with van der Waals surface area (Å²) in [5, 5.41) is 0. The van der Waals surface area contributed by atoms with Gasteiger partial charge < -0.3 is 18.1 Å². The molecule has 0 saturated heterocycles. The standard InChI is InChI=1S/C9H24O4Si2/c1-5-11-15(12-6-2,13-7-3)9-8-14(4)10/h10,14H,5-9H2,1-4H3. The molecular weight excluding hydrogens is 228 g/mol. The quantitative estimate of drug-likeness (QED) is 0.630. The summed E-state index contributed by atoms with van der Waals surface area (Å²) in [6, 6.07) is 1.54. The van der Waals surface area contributed by atoms with E-state index in [9.17, 15) is 4.80 Å². The van der Waals surface area contributed by atoms with E-state index in [0.29, 0.717) is 19.8 Å². The minimum Gasteiger partial charge on any atom is -0.435 e. The first kappa shape index (κ1) is 15.3. The Morgan fingerprint density at radius 2 is 1.40 bits per heavy atom. The summed E-state index contributed by atoms with van der Waals surface area (Å²) < 4.78 is 17.0. The maximum Gasteiger partial charge on any atom is 0.500 e. The van der Waals surface area contributed by atoms with Gasteiger partial charge in [-0.3, -0.25) is 0 Å². The van der Waals surface area contributed by atoms with Gasteiger partial charge in [0.2, 0.25) is 0 Å². The van der Waals surface area contributed by atoms with Crippen LogP contribution in [0, 0.1) is 0 Å². The van der Waals surface area contributed by atoms with Crippen LogP contribution in [0.3, 0.4) is 0 Å². The van der Waals surface area contributed by atoms with Gasteiger partial charge >= 0.3 is 8.80 Å².